The summed E-state index contributed by atoms with van der Waals surface area (Å²) in [6, 6.07) is 14.0. The Kier molecular flexibility index (Phi) is 6.64. The van der Waals surface area contributed by atoms with Gasteiger partial charge in [0.1, 0.15) is 5.84 Å². The fourth-order valence-corrected chi connectivity index (χ4v) is 5.29. The highest BCUT2D eigenvalue weighted by molar-refractivity contribution is 8.15. The summed E-state index contributed by atoms with van der Waals surface area (Å²) >= 11 is 7.23. The molecule has 2 heterocycles. The molecule has 2 aliphatic heterocycles. The summed E-state index contributed by atoms with van der Waals surface area (Å²) < 4.78 is -0.538. The van der Waals surface area contributed by atoms with Gasteiger partial charge in [-0.05, 0) is 92.9 Å². The number of aliphatic imine (C=N–C) groups is 1. The summed E-state index contributed by atoms with van der Waals surface area (Å²) in [6.07, 6.45) is 1.94. The minimum atomic E-state index is -0.538. The van der Waals surface area contributed by atoms with Gasteiger partial charge in [0.15, 0.2) is 0 Å². The fraction of sp³-hybridized carbons (Fsp3) is 0.360. The SMILES string of the molecule is CCN=C(c1ccc(Cl)cc1)N1CCCc2cc(C3=NN(C(C)=O)C(=O)SC3(C)C)ccc21. The van der Waals surface area contributed by atoms with Gasteiger partial charge in [-0.3, -0.25) is 14.6 Å². The number of hydrogen-bond donors (Lipinski definition) is 0. The minimum absolute atomic E-state index is 0.344. The molecule has 2 aromatic carbocycles. The number of benzene rings is 2. The van der Waals surface area contributed by atoms with Crippen LogP contribution in [0.2, 0.25) is 5.02 Å². The van der Waals surface area contributed by atoms with E-state index in [0.717, 1.165) is 64.5 Å². The van der Waals surface area contributed by atoms with Crippen molar-refractivity contribution in [2.45, 2.75) is 45.3 Å². The van der Waals surface area contributed by atoms with Crippen LogP contribution in [0.4, 0.5) is 10.5 Å². The van der Waals surface area contributed by atoms with Gasteiger partial charge in [0.2, 0.25) is 5.91 Å². The molecular formula is C25H27ClN4O2S. The third-order valence-corrected chi connectivity index (χ3v) is 7.02. The number of halogens is 1. The Bertz CT molecular complexity index is 1160. The largest absolute Gasteiger partial charge is 0.326 e. The Morgan fingerprint density at radius 3 is 2.61 bits per heavy atom. The van der Waals surface area contributed by atoms with Crippen molar-refractivity contribution >= 4 is 51.7 Å². The Morgan fingerprint density at radius 2 is 1.94 bits per heavy atom. The van der Waals surface area contributed by atoms with Gasteiger partial charge in [-0.15, -0.1) is 0 Å². The van der Waals surface area contributed by atoms with Crippen molar-refractivity contribution in [3.63, 3.8) is 0 Å². The lowest BCUT2D eigenvalue weighted by atomic mass is 9.93. The second-order valence-corrected chi connectivity index (χ2v) is 10.6. The van der Waals surface area contributed by atoms with Gasteiger partial charge in [-0.2, -0.15) is 10.1 Å². The van der Waals surface area contributed by atoms with E-state index in [2.05, 4.69) is 22.1 Å². The number of nitrogens with zero attached hydrogens (tertiary/aromatic N) is 4. The lowest BCUT2D eigenvalue weighted by molar-refractivity contribution is -0.125. The molecule has 2 aromatic rings. The van der Waals surface area contributed by atoms with Crippen LogP contribution in [0.15, 0.2) is 52.6 Å². The lowest BCUT2D eigenvalue weighted by Crippen LogP contribution is -2.43. The van der Waals surface area contributed by atoms with Crippen molar-refractivity contribution in [3.8, 4) is 0 Å². The van der Waals surface area contributed by atoms with Gasteiger partial charge in [0, 0.05) is 36.3 Å². The number of thioether (sulfide) groups is 1. The molecule has 0 saturated carbocycles. The van der Waals surface area contributed by atoms with Crippen LogP contribution in [-0.2, 0) is 11.2 Å². The van der Waals surface area contributed by atoms with E-state index < -0.39 is 4.75 Å². The van der Waals surface area contributed by atoms with Gasteiger partial charge in [-0.1, -0.05) is 17.7 Å². The summed E-state index contributed by atoms with van der Waals surface area (Å²) in [7, 11) is 0. The van der Waals surface area contributed by atoms with Gasteiger partial charge < -0.3 is 4.90 Å². The van der Waals surface area contributed by atoms with E-state index >= 15 is 0 Å². The fourth-order valence-electron chi connectivity index (χ4n) is 4.22. The number of carbonyl (C=O) groups excluding carboxylic acids is 2. The molecule has 0 atom stereocenters. The zero-order chi connectivity index (χ0) is 23.8. The molecule has 33 heavy (non-hydrogen) atoms. The number of hydrazone groups is 1. The monoisotopic (exact) mass is 482 g/mol. The quantitative estimate of drug-likeness (QED) is 0.412. The van der Waals surface area contributed by atoms with Gasteiger partial charge in [0.25, 0.3) is 0 Å². The van der Waals surface area contributed by atoms with Crippen LogP contribution in [0, 0.1) is 0 Å². The maximum absolute atomic E-state index is 12.3. The molecule has 0 aromatic heterocycles. The molecule has 0 unspecified atom stereocenters. The molecule has 0 saturated heterocycles. The van der Waals surface area contributed by atoms with E-state index in [4.69, 9.17) is 16.6 Å². The molecule has 6 nitrogen and oxygen atoms in total. The van der Waals surface area contributed by atoms with E-state index in [1.807, 2.05) is 51.1 Å². The van der Waals surface area contributed by atoms with Crippen LogP contribution in [0.5, 0.6) is 0 Å². The van der Waals surface area contributed by atoms with Gasteiger partial charge in [-0.25, -0.2) is 0 Å². The first kappa shape index (κ1) is 23.5. The zero-order valence-corrected chi connectivity index (χ0v) is 20.8. The molecular weight excluding hydrogens is 456 g/mol. The zero-order valence-electron chi connectivity index (χ0n) is 19.3. The molecule has 8 heteroatoms. The molecule has 0 radical (unpaired) electrons. The summed E-state index contributed by atoms with van der Waals surface area (Å²) in [5.41, 5.74) is 5.00. The topological polar surface area (TPSA) is 65.3 Å². The first-order valence-corrected chi connectivity index (χ1v) is 12.2. The second kappa shape index (κ2) is 9.31. The van der Waals surface area contributed by atoms with Crippen LogP contribution in [0.25, 0.3) is 0 Å². The van der Waals surface area contributed by atoms with Crippen LogP contribution < -0.4 is 4.90 Å². The van der Waals surface area contributed by atoms with E-state index in [9.17, 15) is 9.59 Å². The molecule has 2 aliphatic rings. The molecule has 0 fully saturated rings. The first-order chi connectivity index (χ1) is 15.7. The highest BCUT2D eigenvalue weighted by atomic mass is 35.5. The Labute approximate surface area is 203 Å². The normalized spacial score (nSPS) is 18.2. The van der Waals surface area contributed by atoms with Crippen molar-refractivity contribution in [2.24, 2.45) is 10.1 Å². The first-order valence-electron chi connectivity index (χ1n) is 11.0. The number of aryl methyl sites for hydroxylation is 1. The van der Waals surface area contributed by atoms with Crippen LogP contribution in [0.3, 0.4) is 0 Å². The number of fused-ring (bicyclic) bond motifs is 1. The van der Waals surface area contributed by atoms with Gasteiger partial charge in [0.05, 0.1) is 10.5 Å². The number of carbonyl (C=O) groups is 2. The molecule has 0 bridgehead atoms. The number of anilines is 1. The third-order valence-electron chi connectivity index (χ3n) is 5.72. The Hall–Kier alpha value is -2.64. The predicted molar refractivity (Wildman–Crippen MR) is 137 cm³/mol. The van der Waals surface area contributed by atoms with Crippen molar-refractivity contribution < 1.29 is 9.59 Å². The van der Waals surface area contributed by atoms with E-state index in [1.165, 1.54) is 12.5 Å². The average molecular weight is 483 g/mol. The number of amidine groups is 1. The van der Waals surface area contributed by atoms with Crippen LogP contribution >= 0.6 is 23.4 Å². The molecule has 0 spiro atoms. The summed E-state index contributed by atoms with van der Waals surface area (Å²) in [4.78, 5) is 31.3. The van der Waals surface area contributed by atoms with Crippen molar-refractivity contribution in [2.75, 3.05) is 18.0 Å². The van der Waals surface area contributed by atoms with E-state index in [1.54, 1.807) is 0 Å². The van der Waals surface area contributed by atoms with Crippen molar-refractivity contribution in [1.29, 1.82) is 0 Å². The molecule has 172 valence electrons. The maximum atomic E-state index is 12.3. The molecule has 0 N–H and O–H groups in total. The Balaban J connectivity index is 1.75. The van der Waals surface area contributed by atoms with Gasteiger partial charge >= 0.3 is 5.24 Å². The summed E-state index contributed by atoms with van der Waals surface area (Å²) in [6.45, 7) is 8.87. The van der Waals surface area contributed by atoms with Crippen molar-refractivity contribution in [1.82, 2.24) is 5.01 Å². The molecule has 2 amide bonds. The summed E-state index contributed by atoms with van der Waals surface area (Å²) in [5.74, 6) is 0.551. The predicted octanol–water partition coefficient (Wildman–Crippen LogP) is 5.76. The number of rotatable bonds is 3. The van der Waals surface area contributed by atoms with E-state index in [0.29, 0.717) is 11.6 Å². The highest BCUT2D eigenvalue weighted by Crippen LogP contribution is 2.38. The van der Waals surface area contributed by atoms with Crippen LogP contribution in [-0.4, -0.2) is 45.5 Å². The number of imide groups is 1. The smallest absolute Gasteiger partial charge is 0.309 e. The minimum Gasteiger partial charge on any atom is -0.326 e. The second-order valence-electron chi connectivity index (χ2n) is 8.56. The number of amides is 2. The molecule has 0 aliphatic carbocycles. The van der Waals surface area contributed by atoms with Crippen molar-refractivity contribution in [3.05, 3.63) is 64.2 Å². The van der Waals surface area contributed by atoms with Crippen LogP contribution in [0.1, 0.15) is 50.8 Å². The maximum Gasteiger partial charge on any atom is 0.309 e. The number of hydrogen-bond acceptors (Lipinski definition) is 5. The molecule has 4 rings (SSSR count). The Morgan fingerprint density at radius 1 is 1.21 bits per heavy atom. The standard InChI is InChI=1S/C25H27ClN4O2S/c1-5-27-23(17-8-11-20(26)12-9-17)29-14-6-7-18-15-19(10-13-21(18)29)22-25(3,4)33-24(32)30(28-22)16(2)31/h8-13,15H,5-7,14H2,1-4H3. The average Bonchev–Trinajstić information content (AvgIpc) is 2.77. The van der Waals surface area contributed by atoms with E-state index in [-0.39, 0.29) is 11.1 Å². The summed E-state index contributed by atoms with van der Waals surface area (Å²) in [5, 5.41) is 5.77. The third kappa shape index (κ3) is 4.70. The lowest BCUT2D eigenvalue weighted by Gasteiger charge is -2.35. The highest BCUT2D eigenvalue weighted by Gasteiger charge is 2.39.